The van der Waals surface area contributed by atoms with Crippen molar-refractivity contribution in [2.45, 2.75) is 0 Å². The van der Waals surface area contributed by atoms with Crippen LogP contribution in [0.1, 0.15) is 0 Å². The Hall–Kier alpha value is -1.75. The van der Waals surface area contributed by atoms with Gasteiger partial charge in [-0.3, -0.25) is 4.57 Å². The molecule has 2 heterocycles. The molecule has 0 aliphatic heterocycles. The first-order valence-corrected chi connectivity index (χ1v) is 7.91. The van der Waals surface area contributed by atoms with Crippen LogP contribution in [0, 0.1) is 0 Å². The molecule has 0 aliphatic rings. The van der Waals surface area contributed by atoms with Gasteiger partial charge in [-0.15, -0.1) is 18.5 Å². The molecule has 4 rings (SSSR count). The number of fused-ring (bicyclic) bond motifs is 3. The topological polar surface area (TPSA) is 17.8 Å². The average molecular weight is 308 g/mol. The van der Waals surface area contributed by atoms with Crippen molar-refractivity contribution in [3.05, 3.63) is 60.8 Å². The molecule has 2 atom stereocenters. The molecule has 0 spiro atoms. The minimum Gasteiger partial charge on any atom is -0.294 e. The second-order valence-electron chi connectivity index (χ2n) is 5.05. The molecule has 2 aromatic carbocycles. The summed E-state index contributed by atoms with van der Waals surface area (Å²) in [5, 5.41) is 4.79. The molecule has 0 N–H and O–H groups in total. The minimum absolute atomic E-state index is 0.999. The van der Waals surface area contributed by atoms with E-state index >= 15 is 0 Å². The second kappa shape index (κ2) is 4.91. The zero-order valence-corrected chi connectivity index (χ0v) is 13.6. The van der Waals surface area contributed by atoms with Crippen LogP contribution in [0.4, 0.5) is 0 Å². The Kier molecular flexibility index (Phi) is 3.03. The molecule has 2 unspecified atom stereocenters. The molecule has 0 bridgehead atoms. The van der Waals surface area contributed by atoms with Gasteiger partial charge in [-0.1, -0.05) is 24.3 Å². The van der Waals surface area contributed by atoms with Gasteiger partial charge in [0.15, 0.2) is 0 Å². The van der Waals surface area contributed by atoms with E-state index < -0.39 is 0 Å². The third-order valence-electron chi connectivity index (χ3n) is 3.72. The summed E-state index contributed by atoms with van der Waals surface area (Å²) in [5.41, 5.74) is 3.32. The van der Waals surface area contributed by atoms with Crippen molar-refractivity contribution in [3.8, 4) is 5.69 Å². The number of para-hydroxylation sites is 1. The number of benzene rings is 2. The van der Waals surface area contributed by atoms with Gasteiger partial charge in [0, 0.05) is 22.7 Å². The van der Waals surface area contributed by atoms with E-state index in [4.69, 9.17) is 0 Å². The van der Waals surface area contributed by atoms with Gasteiger partial charge in [-0.25, -0.2) is 4.98 Å². The van der Waals surface area contributed by atoms with Gasteiger partial charge in [0.1, 0.15) is 5.65 Å². The largest absolute Gasteiger partial charge is 0.294 e. The van der Waals surface area contributed by atoms with E-state index in [1.807, 2.05) is 18.3 Å². The SMILES string of the molecule is Pc1ccc2c(c1)c1c(P)ccnc1n2-c1ccccc1. The molecule has 0 aliphatic carbocycles. The molecule has 4 heteroatoms. The summed E-state index contributed by atoms with van der Waals surface area (Å²) in [4.78, 5) is 4.63. The predicted molar refractivity (Wildman–Crippen MR) is 97.3 cm³/mol. The molecule has 0 fully saturated rings. The van der Waals surface area contributed by atoms with Crippen molar-refractivity contribution in [2.24, 2.45) is 0 Å². The zero-order valence-electron chi connectivity index (χ0n) is 11.3. The maximum Gasteiger partial charge on any atom is 0.146 e. The smallest absolute Gasteiger partial charge is 0.146 e. The van der Waals surface area contributed by atoms with Gasteiger partial charge in [0.25, 0.3) is 0 Å². The van der Waals surface area contributed by atoms with Crippen molar-refractivity contribution < 1.29 is 0 Å². The number of nitrogens with zero attached hydrogens (tertiary/aromatic N) is 2. The molecule has 0 saturated carbocycles. The maximum atomic E-state index is 4.63. The number of hydrogen-bond donors (Lipinski definition) is 0. The molecular formula is C17H14N2P2. The van der Waals surface area contributed by atoms with E-state index in [0.717, 1.165) is 11.3 Å². The van der Waals surface area contributed by atoms with Gasteiger partial charge in [0.05, 0.1) is 5.52 Å². The summed E-state index contributed by atoms with van der Waals surface area (Å²) < 4.78 is 2.22. The molecule has 102 valence electrons. The fourth-order valence-corrected chi connectivity index (χ4v) is 3.45. The fraction of sp³-hybridized carbons (Fsp3) is 0. The van der Waals surface area contributed by atoms with Gasteiger partial charge in [0.2, 0.25) is 0 Å². The first-order chi connectivity index (χ1) is 10.3. The number of rotatable bonds is 1. The van der Waals surface area contributed by atoms with Crippen LogP contribution in [0.3, 0.4) is 0 Å². The van der Waals surface area contributed by atoms with Crippen molar-refractivity contribution in [1.29, 1.82) is 0 Å². The van der Waals surface area contributed by atoms with E-state index in [1.54, 1.807) is 0 Å². The Morgan fingerprint density at radius 1 is 0.905 bits per heavy atom. The number of pyridine rings is 1. The van der Waals surface area contributed by atoms with E-state index in [0.29, 0.717) is 0 Å². The molecule has 21 heavy (non-hydrogen) atoms. The van der Waals surface area contributed by atoms with Gasteiger partial charge in [-0.05, 0) is 40.9 Å². The third-order valence-corrected chi connectivity index (χ3v) is 4.56. The average Bonchev–Trinajstić information content (AvgIpc) is 2.83. The highest BCUT2D eigenvalue weighted by Gasteiger charge is 2.14. The molecular weight excluding hydrogens is 294 g/mol. The lowest BCUT2D eigenvalue weighted by Gasteiger charge is -2.06. The first-order valence-electron chi connectivity index (χ1n) is 6.75. The predicted octanol–water partition coefficient (Wildman–Crippen LogP) is 3.18. The fourth-order valence-electron chi connectivity index (χ4n) is 2.81. The molecule has 0 saturated heterocycles. The first kappa shape index (κ1) is 13.0. The van der Waals surface area contributed by atoms with Crippen molar-refractivity contribution in [1.82, 2.24) is 9.55 Å². The lowest BCUT2D eigenvalue weighted by molar-refractivity contribution is 1.14. The number of aromatic nitrogens is 2. The van der Waals surface area contributed by atoms with Crippen molar-refractivity contribution >= 4 is 51.0 Å². The van der Waals surface area contributed by atoms with Crippen LogP contribution in [0.25, 0.3) is 27.6 Å². The Morgan fingerprint density at radius 2 is 1.71 bits per heavy atom. The van der Waals surface area contributed by atoms with E-state index in [1.165, 1.54) is 26.9 Å². The summed E-state index contributed by atoms with van der Waals surface area (Å²) in [6.07, 6.45) is 1.87. The summed E-state index contributed by atoms with van der Waals surface area (Å²) >= 11 is 0. The Balaban J connectivity index is 2.26. The van der Waals surface area contributed by atoms with Gasteiger partial charge < -0.3 is 0 Å². The molecule has 0 amide bonds. The van der Waals surface area contributed by atoms with Crippen LogP contribution in [-0.4, -0.2) is 9.55 Å². The normalized spacial score (nSPS) is 11.3. The molecule has 4 aromatic rings. The Bertz CT molecular complexity index is 959. The quantitative estimate of drug-likeness (QED) is 0.494. The Labute approximate surface area is 127 Å². The van der Waals surface area contributed by atoms with E-state index in [9.17, 15) is 0 Å². The Morgan fingerprint density at radius 3 is 2.52 bits per heavy atom. The molecule has 2 aromatic heterocycles. The van der Waals surface area contributed by atoms with Crippen LogP contribution >= 0.6 is 18.5 Å². The highest BCUT2D eigenvalue weighted by molar-refractivity contribution is 7.28. The van der Waals surface area contributed by atoms with Crippen LogP contribution in [-0.2, 0) is 0 Å². The standard InChI is InChI=1S/C17H14N2P2/c20-12-6-7-14-13(10-12)16-15(21)8-9-18-17(16)19(14)11-4-2-1-3-5-11/h1-10H,20-21H2. The number of hydrogen-bond acceptors (Lipinski definition) is 1. The molecule has 0 radical (unpaired) electrons. The van der Waals surface area contributed by atoms with Gasteiger partial charge in [-0.2, -0.15) is 0 Å². The monoisotopic (exact) mass is 308 g/mol. The zero-order chi connectivity index (χ0) is 14.4. The van der Waals surface area contributed by atoms with Crippen molar-refractivity contribution in [2.75, 3.05) is 0 Å². The lowest BCUT2D eigenvalue weighted by Crippen LogP contribution is -1.97. The maximum absolute atomic E-state index is 4.63. The van der Waals surface area contributed by atoms with Gasteiger partial charge >= 0.3 is 0 Å². The van der Waals surface area contributed by atoms with Crippen LogP contribution in [0.2, 0.25) is 0 Å². The van der Waals surface area contributed by atoms with Crippen LogP contribution in [0.15, 0.2) is 60.8 Å². The van der Waals surface area contributed by atoms with Crippen LogP contribution in [0.5, 0.6) is 0 Å². The second-order valence-corrected chi connectivity index (χ2v) is 6.34. The van der Waals surface area contributed by atoms with Crippen LogP contribution < -0.4 is 10.6 Å². The third kappa shape index (κ3) is 1.99. The summed E-state index contributed by atoms with van der Waals surface area (Å²) in [5.74, 6) is 0. The summed E-state index contributed by atoms with van der Waals surface area (Å²) in [7, 11) is 5.59. The van der Waals surface area contributed by atoms with E-state index in [-0.39, 0.29) is 0 Å². The van der Waals surface area contributed by atoms with E-state index in [2.05, 4.69) is 70.5 Å². The highest BCUT2D eigenvalue weighted by atomic mass is 31.0. The lowest BCUT2D eigenvalue weighted by atomic mass is 10.2. The highest BCUT2D eigenvalue weighted by Crippen LogP contribution is 2.30. The minimum atomic E-state index is 0.999. The summed E-state index contributed by atoms with van der Waals surface area (Å²) in [6.45, 7) is 0. The summed E-state index contributed by atoms with van der Waals surface area (Å²) in [6, 6.07) is 18.9. The van der Waals surface area contributed by atoms with Crippen molar-refractivity contribution in [3.63, 3.8) is 0 Å². The molecule has 2 nitrogen and oxygen atoms in total.